The molecule has 1 N–H and O–H groups in total. The van der Waals surface area contributed by atoms with Gasteiger partial charge in [0.05, 0.1) is 10.9 Å². The van der Waals surface area contributed by atoms with Gasteiger partial charge in [0.2, 0.25) is 0 Å². The second-order valence-corrected chi connectivity index (χ2v) is 5.05. The highest BCUT2D eigenvalue weighted by Gasteiger charge is 2.39. The second kappa shape index (κ2) is 5.16. The van der Waals surface area contributed by atoms with Gasteiger partial charge in [-0.3, -0.25) is 4.79 Å². The molecule has 1 atom stereocenters. The molecule has 0 saturated carbocycles. The number of alkyl halides is 3. The predicted molar refractivity (Wildman–Crippen MR) is 57.3 cm³/mol. The van der Waals surface area contributed by atoms with E-state index in [2.05, 4.69) is 0 Å². The van der Waals surface area contributed by atoms with E-state index in [1.54, 1.807) is 5.32 Å². The molecule has 0 aliphatic carbocycles. The molecule has 0 saturated heterocycles. The third-order valence-corrected chi connectivity index (χ3v) is 3.10. The van der Waals surface area contributed by atoms with Crippen LogP contribution in [0.1, 0.15) is 18.5 Å². The van der Waals surface area contributed by atoms with Gasteiger partial charge in [-0.1, -0.05) is 12.1 Å². The monoisotopic (exact) mass is 299 g/mol. The molecule has 4 nitrogen and oxygen atoms in total. The van der Waals surface area contributed by atoms with Gasteiger partial charge in [-0.2, -0.15) is 21.6 Å². The van der Waals surface area contributed by atoms with Gasteiger partial charge in [0, 0.05) is 0 Å². The third kappa shape index (κ3) is 4.19. The minimum Gasteiger partial charge on any atom is -0.342 e. The van der Waals surface area contributed by atoms with Crippen molar-refractivity contribution >= 4 is 16.1 Å². The molecule has 0 aromatic heterocycles. The number of carbonyl (C=O) groups is 1. The van der Waals surface area contributed by atoms with Crippen molar-refractivity contribution in [3.05, 3.63) is 29.8 Å². The highest BCUT2D eigenvalue weighted by molar-refractivity contribution is 7.86. The van der Waals surface area contributed by atoms with Gasteiger partial charge in [-0.05, 0) is 24.6 Å². The van der Waals surface area contributed by atoms with Crippen molar-refractivity contribution in [3.63, 3.8) is 0 Å². The topological polar surface area (TPSA) is 63.2 Å². The number of carbonyl (C=O) groups excluding carboxylic acids is 1. The van der Waals surface area contributed by atoms with E-state index >= 15 is 0 Å². The average Bonchev–Trinajstić information content (AvgIpc) is 2.26. The molecule has 0 bridgehead atoms. The second-order valence-electron chi connectivity index (χ2n) is 3.70. The zero-order valence-corrected chi connectivity index (χ0v) is 10.3. The number of amides is 1. The zero-order chi connectivity index (χ0) is 14.8. The number of hydrogen-bond acceptors (Lipinski definition) is 3. The van der Waals surface area contributed by atoms with E-state index in [-0.39, 0.29) is 5.56 Å². The lowest BCUT2D eigenvalue weighted by atomic mass is 10.1. The molecule has 0 fully saturated rings. The van der Waals surface area contributed by atoms with Crippen LogP contribution in [-0.2, 0) is 15.0 Å². The van der Waals surface area contributed by atoms with Crippen molar-refractivity contribution in [2.45, 2.75) is 24.0 Å². The summed E-state index contributed by atoms with van der Waals surface area (Å²) in [6.45, 7) is 1.28. The van der Waals surface area contributed by atoms with E-state index in [4.69, 9.17) is 0 Å². The first-order chi connectivity index (χ1) is 8.51. The van der Waals surface area contributed by atoms with Gasteiger partial charge in [0.1, 0.15) is 0 Å². The van der Waals surface area contributed by atoms with Crippen molar-refractivity contribution < 1.29 is 30.3 Å². The lowest BCUT2D eigenvalue weighted by Gasteiger charge is -2.15. The van der Waals surface area contributed by atoms with Crippen LogP contribution in [-0.4, -0.2) is 20.5 Å². The van der Waals surface area contributed by atoms with E-state index in [9.17, 15) is 30.3 Å². The molecule has 0 radical (unpaired) electrons. The van der Waals surface area contributed by atoms with Crippen LogP contribution in [0.5, 0.6) is 0 Å². The molecule has 1 amide bonds. The van der Waals surface area contributed by atoms with E-state index in [1.165, 1.54) is 6.92 Å². The summed E-state index contributed by atoms with van der Waals surface area (Å²) >= 11 is 0. The van der Waals surface area contributed by atoms with Crippen LogP contribution in [0.4, 0.5) is 17.1 Å². The van der Waals surface area contributed by atoms with Gasteiger partial charge in [0.15, 0.2) is 0 Å². The quantitative estimate of drug-likeness (QED) is 0.686. The Labute approximate surface area is 106 Å². The third-order valence-electron chi connectivity index (χ3n) is 2.27. The zero-order valence-electron chi connectivity index (χ0n) is 9.53. The Morgan fingerprint density at radius 3 is 2.05 bits per heavy atom. The van der Waals surface area contributed by atoms with Gasteiger partial charge >= 0.3 is 22.3 Å². The van der Waals surface area contributed by atoms with Gasteiger partial charge in [-0.25, -0.2) is 0 Å². The van der Waals surface area contributed by atoms with Gasteiger partial charge in [-0.15, -0.1) is 3.89 Å². The fraction of sp³-hybridized carbons (Fsp3) is 0.300. The summed E-state index contributed by atoms with van der Waals surface area (Å²) in [5.74, 6) is -2.11. The largest absolute Gasteiger partial charge is 0.471 e. The smallest absolute Gasteiger partial charge is 0.342 e. The van der Waals surface area contributed by atoms with E-state index in [0.717, 1.165) is 24.3 Å². The Morgan fingerprint density at radius 2 is 1.68 bits per heavy atom. The van der Waals surface area contributed by atoms with E-state index < -0.39 is 33.2 Å². The molecule has 0 heterocycles. The molecule has 0 unspecified atom stereocenters. The normalized spacial score (nSPS) is 13.9. The molecule has 0 aliphatic rings. The summed E-state index contributed by atoms with van der Waals surface area (Å²) in [6, 6.07) is 3.05. The van der Waals surface area contributed by atoms with Crippen LogP contribution in [0.2, 0.25) is 0 Å². The van der Waals surface area contributed by atoms with Crippen LogP contribution in [0.15, 0.2) is 29.2 Å². The van der Waals surface area contributed by atoms with Gasteiger partial charge in [0.25, 0.3) is 0 Å². The Bertz CT molecular complexity index is 565. The lowest BCUT2D eigenvalue weighted by Crippen LogP contribution is -2.38. The Balaban J connectivity index is 2.85. The summed E-state index contributed by atoms with van der Waals surface area (Å²) in [5, 5.41) is 1.69. The number of nitrogens with one attached hydrogen (secondary N) is 1. The number of benzene rings is 1. The first kappa shape index (κ1) is 15.4. The molecule has 0 aliphatic heterocycles. The maximum Gasteiger partial charge on any atom is 0.471 e. The van der Waals surface area contributed by atoms with E-state index in [0.29, 0.717) is 0 Å². The first-order valence-electron chi connectivity index (χ1n) is 4.94. The summed E-state index contributed by atoms with van der Waals surface area (Å²) < 4.78 is 69.7. The molecule has 106 valence electrons. The molecule has 1 rings (SSSR count). The lowest BCUT2D eigenvalue weighted by molar-refractivity contribution is -0.174. The Kier molecular flexibility index (Phi) is 4.18. The molecular formula is C10H9F4NO3S. The highest BCUT2D eigenvalue weighted by atomic mass is 32.3. The summed E-state index contributed by atoms with van der Waals surface area (Å²) in [6.07, 6.45) is -5.00. The molecular weight excluding hydrogens is 290 g/mol. The number of hydrogen-bond donors (Lipinski definition) is 1. The first-order valence-corrected chi connectivity index (χ1v) is 6.32. The van der Waals surface area contributed by atoms with Crippen LogP contribution >= 0.6 is 0 Å². The predicted octanol–water partition coefficient (Wildman–Crippen LogP) is 2.08. The Morgan fingerprint density at radius 1 is 1.21 bits per heavy atom. The van der Waals surface area contributed by atoms with Crippen molar-refractivity contribution in [1.29, 1.82) is 0 Å². The van der Waals surface area contributed by atoms with Gasteiger partial charge < -0.3 is 5.32 Å². The summed E-state index contributed by atoms with van der Waals surface area (Å²) in [7, 11) is -4.86. The van der Waals surface area contributed by atoms with Crippen LogP contribution in [0.3, 0.4) is 0 Å². The SMILES string of the molecule is C[C@H](NC(=O)C(F)(F)F)c1ccc(S(=O)(=O)F)cc1. The average molecular weight is 299 g/mol. The fourth-order valence-corrected chi connectivity index (χ4v) is 1.74. The standard InChI is InChI=1S/C10H9F4NO3S/c1-6(15-9(16)10(11,12)13)7-2-4-8(5-3-7)19(14,17)18/h2-6H,1H3,(H,15,16)/t6-/m0/s1. The number of rotatable bonds is 3. The highest BCUT2D eigenvalue weighted by Crippen LogP contribution is 2.20. The van der Waals surface area contributed by atoms with Crippen molar-refractivity contribution in [2.24, 2.45) is 0 Å². The van der Waals surface area contributed by atoms with Crippen LogP contribution in [0.25, 0.3) is 0 Å². The van der Waals surface area contributed by atoms with Crippen molar-refractivity contribution in [3.8, 4) is 0 Å². The van der Waals surface area contributed by atoms with Crippen LogP contribution < -0.4 is 5.32 Å². The molecule has 1 aromatic rings. The molecule has 19 heavy (non-hydrogen) atoms. The summed E-state index contributed by atoms with van der Waals surface area (Å²) in [4.78, 5) is 10.1. The molecule has 9 heteroatoms. The molecule has 0 spiro atoms. The maximum atomic E-state index is 12.6. The van der Waals surface area contributed by atoms with Crippen molar-refractivity contribution in [2.75, 3.05) is 0 Å². The minimum absolute atomic E-state index is 0.213. The number of halogens is 4. The maximum absolute atomic E-state index is 12.6. The Hall–Kier alpha value is -1.64. The molecule has 1 aromatic carbocycles. The van der Waals surface area contributed by atoms with Crippen molar-refractivity contribution in [1.82, 2.24) is 5.32 Å². The minimum atomic E-state index is -5.00. The van der Waals surface area contributed by atoms with E-state index in [1.807, 2.05) is 0 Å². The summed E-state index contributed by atoms with van der Waals surface area (Å²) in [5.41, 5.74) is 0.213. The van der Waals surface area contributed by atoms with Crippen LogP contribution in [0, 0.1) is 0 Å². The fourth-order valence-electron chi connectivity index (χ4n) is 1.28.